The Hall–Kier alpha value is -0.900. The molecule has 0 radical (unpaired) electrons. The smallest absolute Gasteiger partial charge is 0.0587 e. The Balaban J connectivity index is 1.85. The topological polar surface area (TPSA) is 58.3 Å². The molecule has 0 amide bonds. The summed E-state index contributed by atoms with van der Waals surface area (Å²) in [6.07, 6.45) is 5.43. The summed E-state index contributed by atoms with van der Waals surface area (Å²) in [7, 11) is 0. The van der Waals surface area contributed by atoms with Crippen LogP contribution in [-0.4, -0.2) is 29.8 Å². The third kappa shape index (κ3) is 4.09. The molecule has 100 valence electrons. The fraction of sp³-hybridized carbons (Fsp3) is 0.600. The summed E-state index contributed by atoms with van der Waals surface area (Å²) < 4.78 is 0. The maximum atomic E-state index is 9.49. The third-order valence-electron chi connectivity index (χ3n) is 3.73. The van der Waals surface area contributed by atoms with Crippen molar-refractivity contribution >= 4 is 0 Å². The SMILES string of the molecule is NC1CCCC(N[C@H](CO)Cc2ccccc2)C1. The Labute approximate surface area is 109 Å². The van der Waals surface area contributed by atoms with E-state index in [9.17, 15) is 5.11 Å². The maximum Gasteiger partial charge on any atom is 0.0587 e. The van der Waals surface area contributed by atoms with Gasteiger partial charge in [-0.3, -0.25) is 0 Å². The fourth-order valence-corrected chi connectivity index (χ4v) is 2.79. The molecule has 2 rings (SSSR count). The highest BCUT2D eigenvalue weighted by atomic mass is 16.3. The molecule has 0 aromatic heterocycles. The Morgan fingerprint density at radius 2 is 2.06 bits per heavy atom. The maximum absolute atomic E-state index is 9.49. The molecule has 1 fully saturated rings. The van der Waals surface area contributed by atoms with Crippen molar-refractivity contribution in [3.8, 4) is 0 Å². The van der Waals surface area contributed by atoms with E-state index in [-0.39, 0.29) is 12.6 Å². The second kappa shape index (κ2) is 6.88. The van der Waals surface area contributed by atoms with Gasteiger partial charge in [0.05, 0.1) is 6.61 Å². The molecule has 1 aliphatic carbocycles. The van der Waals surface area contributed by atoms with Crippen LogP contribution in [0.4, 0.5) is 0 Å². The zero-order chi connectivity index (χ0) is 12.8. The lowest BCUT2D eigenvalue weighted by Gasteiger charge is -2.30. The van der Waals surface area contributed by atoms with Crippen molar-refractivity contribution in [2.24, 2.45) is 5.73 Å². The van der Waals surface area contributed by atoms with Gasteiger partial charge >= 0.3 is 0 Å². The van der Waals surface area contributed by atoms with Crippen molar-refractivity contribution in [1.82, 2.24) is 5.32 Å². The van der Waals surface area contributed by atoms with Crippen LogP contribution >= 0.6 is 0 Å². The van der Waals surface area contributed by atoms with Crippen LogP contribution in [0.5, 0.6) is 0 Å². The summed E-state index contributed by atoms with van der Waals surface area (Å²) in [5, 5.41) is 13.0. The molecule has 1 aliphatic rings. The van der Waals surface area contributed by atoms with Gasteiger partial charge in [-0.05, 0) is 31.2 Å². The molecule has 18 heavy (non-hydrogen) atoms. The standard InChI is InChI=1S/C15H24N2O/c16-13-7-4-8-14(10-13)17-15(11-18)9-12-5-2-1-3-6-12/h1-3,5-6,13-15,17-18H,4,7-11,16H2/t13?,14?,15-/m0/s1. The van der Waals surface area contributed by atoms with Crippen molar-refractivity contribution < 1.29 is 5.11 Å². The highest BCUT2D eigenvalue weighted by molar-refractivity contribution is 5.16. The average Bonchev–Trinajstić information content (AvgIpc) is 2.39. The second-order valence-corrected chi connectivity index (χ2v) is 5.36. The van der Waals surface area contributed by atoms with Crippen molar-refractivity contribution in [1.29, 1.82) is 0 Å². The van der Waals surface area contributed by atoms with E-state index in [1.54, 1.807) is 0 Å². The molecule has 0 aliphatic heterocycles. The lowest BCUT2D eigenvalue weighted by Crippen LogP contribution is -2.46. The molecule has 1 saturated carbocycles. The van der Waals surface area contributed by atoms with Gasteiger partial charge in [0.2, 0.25) is 0 Å². The average molecular weight is 248 g/mol. The van der Waals surface area contributed by atoms with Crippen LogP contribution in [-0.2, 0) is 6.42 Å². The van der Waals surface area contributed by atoms with Gasteiger partial charge in [0.15, 0.2) is 0 Å². The van der Waals surface area contributed by atoms with Gasteiger partial charge in [-0.2, -0.15) is 0 Å². The van der Waals surface area contributed by atoms with E-state index in [2.05, 4.69) is 17.4 Å². The first-order valence-electron chi connectivity index (χ1n) is 6.94. The van der Waals surface area contributed by atoms with E-state index in [1.807, 2.05) is 18.2 Å². The number of hydrogen-bond acceptors (Lipinski definition) is 3. The van der Waals surface area contributed by atoms with E-state index < -0.39 is 0 Å². The van der Waals surface area contributed by atoms with E-state index in [1.165, 1.54) is 18.4 Å². The van der Waals surface area contributed by atoms with Crippen LogP contribution in [0, 0.1) is 0 Å². The molecule has 1 aromatic carbocycles. The lowest BCUT2D eigenvalue weighted by atomic mass is 9.90. The molecule has 0 saturated heterocycles. The Morgan fingerprint density at radius 1 is 1.28 bits per heavy atom. The monoisotopic (exact) mass is 248 g/mol. The lowest BCUT2D eigenvalue weighted by molar-refractivity contribution is 0.213. The summed E-state index contributed by atoms with van der Waals surface area (Å²) in [5.41, 5.74) is 7.26. The molecule has 0 heterocycles. The number of hydrogen-bond donors (Lipinski definition) is 3. The zero-order valence-electron chi connectivity index (χ0n) is 10.9. The quantitative estimate of drug-likeness (QED) is 0.739. The van der Waals surface area contributed by atoms with Crippen LogP contribution in [0.15, 0.2) is 30.3 Å². The third-order valence-corrected chi connectivity index (χ3v) is 3.73. The Kier molecular flexibility index (Phi) is 5.17. The van der Waals surface area contributed by atoms with Crippen LogP contribution in [0.2, 0.25) is 0 Å². The van der Waals surface area contributed by atoms with Gasteiger partial charge in [-0.1, -0.05) is 36.8 Å². The van der Waals surface area contributed by atoms with Crippen molar-refractivity contribution in [3.63, 3.8) is 0 Å². The number of benzene rings is 1. The molecule has 4 N–H and O–H groups in total. The first kappa shape index (κ1) is 13.5. The summed E-state index contributed by atoms with van der Waals surface area (Å²) in [6, 6.07) is 11.3. The first-order chi connectivity index (χ1) is 8.78. The van der Waals surface area contributed by atoms with Gasteiger partial charge in [-0.25, -0.2) is 0 Å². The van der Waals surface area contributed by atoms with Gasteiger partial charge < -0.3 is 16.2 Å². The van der Waals surface area contributed by atoms with Crippen LogP contribution in [0.3, 0.4) is 0 Å². The minimum Gasteiger partial charge on any atom is -0.395 e. The predicted octanol–water partition coefficient (Wildman–Crippen LogP) is 1.45. The van der Waals surface area contributed by atoms with Gasteiger partial charge in [0.1, 0.15) is 0 Å². The first-order valence-corrected chi connectivity index (χ1v) is 6.94. The van der Waals surface area contributed by atoms with Gasteiger partial charge in [-0.15, -0.1) is 0 Å². The molecule has 0 bridgehead atoms. The zero-order valence-corrected chi connectivity index (χ0v) is 10.9. The number of aliphatic hydroxyl groups excluding tert-OH is 1. The summed E-state index contributed by atoms with van der Waals surface area (Å²) in [5.74, 6) is 0. The highest BCUT2D eigenvalue weighted by Gasteiger charge is 2.21. The number of nitrogens with one attached hydrogen (secondary N) is 1. The molecular formula is C15H24N2O. The minimum absolute atomic E-state index is 0.141. The molecular weight excluding hydrogens is 224 g/mol. The van der Waals surface area contributed by atoms with E-state index in [0.717, 1.165) is 19.3 Å². The summed E-state index contributed by atoms with van der Waals surface area (Å²) >= 11 is 0. The summed E-state index contributed by atoms with van der Waals surface area (Å²) in [6.45, 7) is 0.181. The predicted molar refractivity (Wildman–Crippen MR) is 74.4 cm³/mol. The van der Waals surface area contributed by atoms with Crippen molar-refractivity contribution in [2.45, 2.75) is 50.2 Å². The number of aliphatic hydroxyl groups is 1. The van der Waals surface area contributed by atoms with Crippen molar-refractivity contribution in [2.75, 3.05) is 6.61 Å². The van der Waals surface area contributed by atoms with Crippen LogP contribution < -0.4 is 11.1 Å². The van der Waals surface area contributed by atoms with Crippen molar-refractivity contribution in [3.05, 3.63) is 35.9 Å². The summed E-state index contributed by atoms with van der Waals surface area (Å²) in [4.78, 5) is 0. The van der Waals surface area contributed by atoms with Gasteiger partial charge in [0.25, 0.3) is 0 Å². The molecule has 2 unspecified atom stereocenters. The highest BCUT2D eigenvalue weighted by Crippen LogP contribution is 2.18. The Bertz CT molecular complexity index is 342. The van der Waals surface area contributed by atoms with Crippen LogP contribution in [0.25, 0.3) is 0 Å². The number of nitrogens with two attached hydrogens (primary N) is 1. The van der Waals surface area contributed by atoms with Crippen LogP contribution in [0.1, 0.15) is 31.2 Å². The molecule has 3 heteroatoms. The molecule has 3 nitrogen and oxygen atoms in total. The Morgan fingerprint density at radius 3 is 2.72 bits per heavy atom. The fourth-order valence-electron chi connectivity index (χ4n) is 2.79. The normalized spacial score (nSPS) is 25.9. The second-order valence-electron chi connectivity index (χ2n) is 5.36. The largest absolute Gasteiger partial charge is 0.395 e. The van der Waals surface area contributed by atoms with Gasteiger partial charge in [0, 0.05) is 18.1 Å². The van der Waals surface area contributed by atoms with E-state index >= 15 is 0 Å². The number of rotatable bonds is 5. The molecule has 0 spiro atoms. The van der Waals surface area contributed by atoms with E-state index in [0.29, 0.717) is 12.1 Å². The molecule has 1 aromatic rings. The van der Waals surface area contributed by atoms with E-state index in [4.69, 9.17) is 5.73 Å². The molecule has 3 atom stereocenters. The minimum atomic E-state index is 0.141.